The summed E-state index contributed by atoms with van der Waals surface area (Å²) < 4.78 is 0. The Morgan fingerprint density at radius 1 is 0.917 bits per heavy atom. The molecule has 0 bridgehead atoms. The monoisotopic (exact) mass is 332 g/mol. The van der Waals surface area contributed by atoms with Gasteiger partial charge in [0.05, 0.1) is 0 Å². The van der Waals surface area contributed by atoms with Crippen LogP contribution in [0.5, 0.6) is 0 Å². The first kappa shape index (κ1) is 18.3. The molecule has 2 rings (SSSR count). The van der Waals surface area contributed by atoms with Crippen LogP contribution in [0.2, 0.25) is 0 Å². The molecule has 0 aliphatic carbocycles. The van der Waals surface area contributed by atoms with Gasteiger partial charge in [0.2, 0.25) is 5.91 Å². The lowest BCUT2D eigenvalue weighted by molar-refractivity contribution is -0.132. The standard InChI is InChI=1S/C18H28N4O2/c1-19(2)10-9-17(23)21-11-13-22(14-12-21)18(24)15-5-7-16(8-6-15)20(3)4/h5-8H,9-14H2,1-4H3. The molecule has 1 aromatic rings. The van der Waals surface area contributed by atoms with Crippen LogP contribution in [-0.4, -0.2) is 87.4 Å². The van der Waals surface area contributed by atoms with E-state index in [0.717, 1.165) is 12.2 Å². The summed E-state index contributed by atoms with van der Waals surface area (Å²) in [4.78, 5) is 32.4. The van der Waals surface area contributed by atoms with E-state index in [1.165, 1.54) is 0 Å². The maximum Gasteiger partial charge on any atom is 0.253 e. The fraction of sp³-hybridized carbons (Fsp3) is 0.556. The minimum atomic E-state index is 0.0423. The molecule has 0 unspecified atom stereocenters. The second-order valence-electron chi connectivity index (χ2n) is 6.67. The number of benzene rings is 1. The highest BCUT2D eigenvalue weighted by molar-refractivity contribution is 5.94. The summed E-state index contributed by atoms with van der Waals surface area (Å²) in [7, 11) is 7.88. The van der Waals surface area contributed by atoms with Gasteiger partial charge in [-0.1, -0.05) is 0 Å². The molecule has 6 nitrogen and oxygen atoms in total. The highest BCUT2D eigenvalue weighted by Gasteiger charge is 2.24. The molecule has 1 saturated heterocycles. The SMILES string of the molecule is CN(C)CCC(=O)N1CCN(C(=O)c2ccc(N(C)C)cc2)CC1. The molecule has 0 radical (unpaired) electrons. The van der Waals surface area contributed by atoms with E-state index >= 15 is 0 Å². The fourth-order valence-corrected chi connectivity index (χ4v) is 2.72. The lowest BCUT2D eigenvalue weighted by Crippen LogP contribution is -2.50. The molecule has 0 saturated carbocycles. The van der Waals surface area contributed by atoms with Crippen LogP contribution < -0.4 is 4.90 Å². The molecule has 0 aromatic heterocycles. The van der Waals surface area contributed by atoms with E-state index in [9.17, 15) is 9.59 Å². The van der Waals surface area contributed by atoms with E-state index in [1.54, 1.807) is 0 Å². The van der Waals surface area contributed by atoms with Crippen molar-refractivity contribution in [1.82, 2.24) is 14.7 Å². The Hall–Kier alpha value is -2.08. The Bertz CT molecular complexity index is 561. The first-order chi connectivity index (χ1) is 11.4. The van der Waals surface area contributed by atoms with Crippen molar-refractivity contribution in [2.75, 3.05) is 65.8 Å². The van der Waals surface area contributed by atoms with Gasteiger partial charge in [-0.05, 0) is 38.4 Å². The number of rotatable bonds is 5. The molecule has 6 heteroatoms. The third-order valence-corrected chi connectivity index (χ3v) is 4.32. The third kappa shape index (κ3) is 4.71. The summed E-state index contributed by atoms with van der Waals surface area (Å²) in [5.74, 6) is 0.215. The number of carbonyl (C=O) groups excluding carboxylic acids is 2. The van der Waals surface area contributed by atoms with Gasteiger partial charge >= 0.3 is 0 Å². The molecule has 1 aliphatic heterocycles. The maximum absolute atomic E-state index is 12.6. The first-order valence-corrected chi connectivity index (χ1v) is 8.37. The van der Waals surface area contributed by atoms with Crippen LogP contribution in [0.25, 0.3) is 0 Å². The van der Waals surface area contributed by atoms with Gasteiger partial charge in [-0.2, -0.15) is 0 Å². The van der Waals surface area contributed by atoms with Gasteiger partial charge in [0.25, 0.3) is 5.91 Å². The number of amides is 2. The van der Waals surface area contributed by atoms with Crippen LogP contribution in [0.4, 0.5) is 5.69 Å². The zero-order chi connectivity index (χ0) is 17.7. The molecule has 0 spiro atoms. The van der Waals surface area contributed by atoms with Crippen molar-refractivity contribution < 1.29 is 9.59 Å². The number of nitrogens with zero attached hydrogens (tertiary/aromatic N) is 4. The molecule has 1 aliphatic rings. The zero-order valence-electron chi connectivity index (χ0n) is 15.2. The first-order valence-electron chi connectivity index (χ1n) is 8.37. The van der Waals surface area contributed by atoms with Crippen molar-refractivity contribution in [3.05, 3.63) is 29.8 Å². The van der Waals surface area contributed by atoms with E-state index in [0.29, 0.717) is 38.2 Å². The third-order valence-electron chi connectivity index (χ3n) is 4.32. The van der Waals surface area contributed by atoms with Gasteiger partial charge in [0.1, 0.15) is 0 Å². The van der Waals surface area contributed by atoms with Crippen LogP contribution in [0, 0.1) is 0 Å². The van der Waals surface area contributed by atoms with E-state index in [1.807, 2.05) is 72.1 Å². The van der Waals surface area contributed by atoms with Crippen molar-refractivity contribution in [2.24, 2.45) is 0 Å². The second kappa shape index (κ2) is 8.15. The summed E-state index contributed by atoms with van der Waals surface area (Å²) >= 11 is 0. The van der Waals surface area contributed by atoms with Crippen LogP contribution in [0.15, 0.2) is 24.3 Å². The Morgan fingerprint density at radius 2 is 1.46 bits per heavy atom. The van der Waals surface area contributed by atoms with Crippen LogP contribution in [0.1, 0.15) is 16.8 Å². The molecule has 132 valence electrons. The number of carbonyl (C=O) groups is 2. The molecule has 1 heterocycles. The van der Waals surface area contributed by atoms with Gasteiger partial charge in [0.15, 0.2) is 0 Å². The molecule has 0 N–H and O–H groups in total. The topological polar surface area (TPSA) is 47.1 Å². The molecule has 2 amide bonds. The molecule has 0 atom stereocenters. The average molecular weight is 332 g/mol. The van der Waals surface area contributed by atoms with E-state index in [4.69, 9.17) is 0 Å². The average Bonchev–Trinajstić information content (AvgIpc) is 2.59. The molecular weight excluding hydrogens is 304 g/mol. The Labute approximate surface area is 144 Å². The van der Waals surface area contributed by atoms with Crippen molar-refractivity contribution >= 4 is 17.5 Å². The molecular formula is C18H28N4O2. The summed E-state index contributed by atoms with van der Waals surface area (Å²) in [5.41, 5.74) is 1.77. The van der Waals surface area contributed by atoms with Crippen molar-refractivity contribution in [1.29, 1.82) is 0 Å². The number of piperazine rings is 1. The highest BCUT2D eigenvalue weighted by atomic mass is 16.2. The van der Waals surface area contributed by atoms with Crippen molar-refractivity contribution in [3.63, 3.8) is 0 Å². The van der Waals surface area contributed by atoms with Gasteiger partial charge in [-0.25, -0.2) is 0 Å². The van der Waals surface area contributed by atoms with Crippen molar-refractivity contribution in [3.8, 4) is 0 Å². The lowest BCUT2D eigenvalue weighted by atomic mass is 10.1. The van der Waals surface area contributed by atoms with Crippen LogP contribution in [0.3, 0.4) is 0 Å². The summed E-state index contributed by atoms with van der Waals surface area (Å²) in [6.45, 7) is 3.20. The summed E-state index contributed by atoms with van der Waals surface area (Å²) in [6, 6.07) is 7.64. The van der Waals surface area contributed by atoms with E-state index in [2.05, 4.69) is 0 Å². The second-order valence-corrected chi connectivity index (χ2v) is 6.67. The maximum atomic E-state index is 12.6. The zero-order valence-corrected chi connectivity index (χ0v) is 15.2. The highest BCUT2D eigenvalue weighted by Crippen LogP contribution is 2.15. The van der Waals surface area contributed by atoms with Gasteiger partial charge < -0.3 is 19.6 Å². The smallest absolute Gasteiger partial charge is 0.253 e. The minimum Gasteiger partial charge on any atom is -0.378 e. The predicted molar refractivity (Wildman–Crippen MR) is 96.4 cm³/mol. The van der Waals surface area contributed by atoms with Crippen LogP contribution >= 0.6 is 0 Å². The summed E-state index contributed by atoms with van der Waals surface area (Å²) in [6.07, 6.45) is 0.535. The van der Waals surface area contributed by atoms with Crippen molar-refractivity contribution in [2.45, 2.75) is 6.42 Å². The summed E-state index contributed by atoms with van der Waals surface area (Å²) in [5, 5.41) is 0. The van der Waals surface area contributed by atoms with E-state index in [-0.39, 0.29) is 11.8 Å². The molecule has 24 heavy (non-hydrogen) atoms. The quantitative estimate of drug-likeness (QED) is 0.807. The van der Waals surface area contributed by atoms with E-state index < -0.39 is 0 Å². The normalized spacial score (nSPS) is 14.9. The number of hydrogen-bond donors (Lipinski definition) is 0. The van der Waals surface area contributed by atoms with Gasteiger partial charge in [-0.3, -0.25) is 9.59 Å². The number of hydrogen-bond acceptors (Lipinski definition) is 4. The predicted octanol–water partition coefficient (Wildman–Crippen LogP) is 0.989. The molecule has 1 fully saturated rings. The van der Waals surface area contributed by atoms with Crippen LogP contribution in [-0.2, 0) is 4.79 Å². The minimum absolute atomic E-state index is 0.0423. The Kier molecular flexibility index (Phi) is 6.20. The van der Waals surface area contributed by atoms with Gasteiger partial charge in [0, 0.05) is 64.5 Å². The lowest BCUT2D eigenvalue weighted by Gasteiger charge is -2.35. The Balaban J connectivity index is 1.87. The largest absolute Gasteiger partial charge is 0.378 e. The Morgan fingerprint density at radius 3 is 1.96 bits per heavy atom. The number of anilines is 1. The van der Waals surface area contributed by atoms with Gasteiger partial charge in [-0.15, -0.1) is 0 Å². The molecule has 1 aromatic carbocycles. The fourth-order valence-electron chi connectivity index (χ4n) is 2.72.